The van der Waals surface area contributed by atoms with Crippen LogP contribution in [0.25, 0.3) is 11.1 Å². The maximum absolute atomic E-state index is 5.77. The van der Waals surface area contributed by atoms with Crippen LogP contribution < -0.4 is 0 Å². The molecule has 2 rings (SSSR count). The number of halogens is 2. The average molecular weight is 314 g/mol. The molecule has 0 atom stereocenters. The third-order valence-electron chi connectivity index (χ3n) is 1.95. The lowest BCUT2D eigenvalue weighted by atomic mass is 10.1. The van der Waals surface area contributed by atoms with Gasteiger partial charge in [-0.1, -0.05) is 29.8 Å². The zero-order valence-corrected chi connectivity index (χ0v) is 10.2. The van der Waals surface area contributed by atoms with Crippen LogP contribution in [0.5, 0.6) is 0 Å². The summed E-state index contributed by atoms with van der Waals surface area (Å²) in [5.41, 5.74) is 2.34. The average Bonchev–Trinajstić information content (AvgIpc) is 2.21. The van der Waals surface area contributed by atoms with Crippen molar-refractivity contribution in [2.45, 2.75) is 0 Å². The van der Waals surface area contributed by atoms with E-state index in [9.17, 15) is 0 Å². The molecule has 0 N–H and O–H groups in total. The topological polar surface area (TPSA) is 0 Å². The first-order chi connectivity index (χ1) is 6.75. The van der Waals surface area contributed by atoms with Crippen molar-refractivity contribution >= 4 is 34.2 Å². The molecule has 0 nitrogen and oxygen atoms in total. The van der Waals surface area contributed by atoms with Crippen LogP contribution in [-0.4, -0.2) is 0 Å². The first-order valence-corrected chi connectivity index (χ1v) is 5.64. The van der Waals surface area contributed by atoms with Gasteiger partial charge in [0.15, 0.2) is 0 Å². The van der Waals surface area contributed by atoms with Gasteiger partial charge in [-0.3, -0.25) is 0 Å². The summed E-state index contributed by atoms with van der Waals surface area (Å²) in [5.74, 6) is 0. The van der Waals surface area contributed by atoms with Gasteiger partial charge in [-0.25, -0.2) is 0 Å². The van der Waals surface area contributed by atoms with Gasteiger partial charge in [0, 0.05) is 14.7 Å². The molecule has 2 heteroatoms. The Labute approximate surface area is 102 Å². The third-order valence-corrected chi connectivity index (χ3v) is 2.91. The number of hydrogen-bond donors (Lipinski definition) is 0. The minimum atomic E-state index is 0.652. The van der Waals surface area contributed by atoms with E-state index < -0.39 is 0 Å². The normalized spacial score (nSPS) is 10.1. The van der Waals surface area contributed by atoms with Crippen molar-refractivity contribution in [3.63, 3.8) is 0 Å². The van der Waals surface area contributed by atoms with Crippen LogP contribution in [0.3, 0.4) is 0 Å². The van der Waals surface area contributed by atoms with Gasteiger partial charge < -0.3 is 0 Å². The zero-order chi connectivity index (χ0) is 9.97. The molecule has 0 saturated heterocycles. The minimum absolute atomic E-state index is 0.652. The number of hydrogen-bond acceptors (Lipinski definition) is 0. The lowest BCUT2D eigenvalue weighted by Gasteiger charge is -2.01. The second-order valence-corrected chi connectivity index (χ2v) is 4.59. The number of rotatable bonds is 1. The van der Waals surface area contributed by atoms with Crippen LogP contribution in [0.15, 0.2) is 42.5 Å². The molecule has 0 aromatic heterocycles. The molecule has 0 spiro atoms. The fraction of sp³-hybridized carbons (Fsp3) is 0. The highest BCUT2D eigenvalue weighted by molar-refractivity contribution is 14.1. The fourth-order valence-corrected chi connectivity index (χ4v) is 1.70. The molecule has 0 unspecified atom stereocenters. The SMILES string of the molecule is Clc1[c]cc(-c2ccc(I)cc2)cc1. The highest BCUT2D eigenvalue weighted by Crippen LogP contribution is 2.21. The standard InChI is InChI=1S/C12H7ClI/c13-11-5-1-9(2-6-11)10-3-7-12(14)8-4-10/h1-5,7-8H. The minimum Gasteiger partial charge on any atom is -0.0837 e. The summed E-state index contributed by atoms with van der Waals surface area (Å²) in [7, 11) is 0. The van der Waals surface area contributed by atoms with Gasteiger partial charge in [0.05, 0.1) is 0 Å². The first kappa shape index (κ1) is 9.99. The molecule has 0 fully saturated rings. The second kappa shape index (κ2) is 4.32. The molecule has 0 aliphatic heterocycles. The van der Waals surface area contributed by atoms with Crippen LogP contribution in [0.1, 0.15) is 0 Å². The summed E-state index contributed by atoms with van der Waals surface area (Å²) in [4.78, 5) is 0. The van der Waals surface area contributed by atoms with Crippen molar-refractivity contribution in [2.75, 3.05) is 0 Å². The Morgan fingerprint density at radius 3 is 2.14 bits per heavy atom. The van der Waals surface area contributed by atoms with Crippen LogP contribution in [-0.2, 0) is 0 Å². The first-order valence-electron chi connectivity index (χ1n) is 4.19. The monoisotopic (exact) mass is 313 g/mol. The molecular formula is C12H7ClI. The molecule has 0 aliphatic carbocycles. The lowest BCUT2D eigenvalue weighted by Crippen LogP contribution is -1.77. The molecule has 2 aromatic carbocycles. The van der Waals surface area contributed by atoms with Crippen molar-refractivity contribution in [1.82, 2.24) is 0 Å². The molecule has 69 valence electrons. The molecule has 0 saturated carbocycles. The Hall–Kier alpha value is -0.540. The molecular weight excluding hydrogens is 306 g/mol. The van der Waals surface area contributed by atoms with Crippen molar-refractivity contribution in [2.24, 2.45) is 0 Å². The highest BCUT2D eigenvalue weighted by Gasteiger charge is 1.96. The summed E-state index contributed by atoms with van der Waals surface area (Å²) < 4.78 is 1.24. The van der Waals surface area contributed by atoms with E-state index in [-0.39, 0.29) is 0 Å². The van der Waals surface area contributed by atoms with Crippen molar-refractivity contribution < 1.29 is 0 Å². The highest BCUT2D eigenvalue weighted by atomic mass is 127. The van der Waals surface area contributed by atoms with Crippen molar-refractivity contribution in [1.29, 1.82) is 0 Å². The Balaban J connectivity index is 2.40. The van der Waals surface area contributed by atoms with E-state index in [1.54, 1.807) is 0 Å². The van der Waals surface area contributed by atoms with Crippen molar-refractivity contribution in [3.05, 3.63) is 57.1 Å². The Morgan fingerprint density at radius 1 is 0.929 bits per heavy atom. The van der Waals surface area contributed by atoms with E-state index in [1.807, 2.05) is 18.2 Å². The van der Waals surface area contributed by atoms with Crippen LogP contribution >= 0.6 is 34.2 Å². The lowest BCUT2D eigenvalue weighted by molar-refractivity contribution is 1.59. The van der Waals surface area contributed by atoms with Gasteiger partial charge in [-0.05, 0) is 58.0 Å². The summed E-state index contributed by atoms with van der Waals surface area (Å²) in [6, 6.07) is 17.1. The predicted molar refractivity (Wildman–Crippen MR) is 68.4 cm³/mol. The molecule has 2 aromatic rings. The Bertz CT molecular complexity index is 374. The van der Waals surface area contributed by atoms with Gasteiger partial charge in [-0.2, -0.15) is 0 Å². The predicted octanol–water partition coefficient (Wildman–Crippen LogP) is 4.41. The van der Waals surface area contributed by atoms with E-state index in [2.05, 4.69) is 52.9 Å². The largest absolute Gasteiger partial charge is 0.0837 e. The maximum atomic E-state index is 5.77. The Morgan fingerprint density at radius 2 is 1.57 bits per heavy atom. The maximum Gasteiger partial charge on any atom is 0.0485 e. The quantitative estimate of drug-likeness (QED) is 0.684. The van der Waals surface area contributed by atoms with Crippen LogP contribution in [0, 0.1) is 9.64 Å². The molecule has 0 bridgehead atoms. The summed E-state index contributed by atoms with van der Waals surface area (Å²) in [5, 5.41) is 0.652. The van der Waals surface area contributed by atoms with Gasteiger partial charge in [0.2, 0.25) is 0 Å². The smallest absolute Gasteiger partial charge is 0.0485 e. The van der Waals surface area contributed by atoms with E-state index in [0.29, 0.717) is 5.02 Å². The van der Waals surface area contributed by atoms with Crippen LogP contribution in [0.4, 0.5) is 0 Å². The fourth-order valence-electron chi connectivity index (χ4n) is 1.23. The Kier molecular flexibility index (Phi) is 3.08. The van der Waals surface area contributed by atoms with Gasteiger partial charge in [-0.15, -0.1) is 0 Å². The van der Waals surface area contributed by atoms with E-state index in [1.165, 1.54) is 9.13 Å². The van der Waals surface area contributed by atoms with Crippen molar-refractivity contribution in [3.8, 4) is 11.1 Å². The molecule has 14 heavy (non-hydrogen) atoms. The zero-order valence-electron chi connectivity index (χ0n) is 7.30. The molecule has 1 radical (unpaired) electrons. The van der Waals surface area contributed by atoms with E-state index in [0.717, 1.165) is 5.56 Å². The summed E-state index contributed by atoms with van der Waals surface area (Å²) in [6.45, 7) is 0. The van der Waals surface area contributed by atoms with E-state index in [4.69, 9.17) is 11.6 Å². The van der Waals surface area contributed by atoms with E-state index >= 15 is 0 Å². The third kappa shape index (κ3) is 2.28. The van der Waals surface area contributed by atoms with Gasteiger partial charge >= 0.3 is 0 Å². The summed E-state index contributed by atoms with van der Waals surface area (Å²) in [6.07, 6.45) is 0. The second-order valence-electron chi connectivity index (χ2n) is 2.93. The number of benzene rings is 2. The van der Waals surface area contributed by atoms with Gasteiger partial charge in [0.1, 0.15) is 0 Å². The molecule has 0 amide bonds. The summed E-state index contributed by atoms with van der Waals surface area (Å²) >= 11 is 8.06. The molecule has 0 heterocycles. The molecule has 0 aliphatic rings. The van der Waals surface area contributed by atoms with Crippen LogP contribution in [0.2, 0.25) is 5.02 Å². The van der Waals surface area contributed by atoms with Gasteiger partial charge in [0.25, 0.3) is 0 Å².